The van der Waals surface area contributed by atoms with Crippen molar-refractivity contribution in [3.05, 3.63) is 28.7 Å². The summed E-state index contributed by atoms with van der Waals surface area (Å²) in [6.07, 6.45) is 9.03. The number of aliphatic hydroxyl groups excluding tert-OH is 1. The number of aliphatic hydroxyl groups is 1. The van der Waals surface area contributed by atoms with Crippen molar-refractivity contribution in [2.24, 2.45) is 5.41 Å². The molecule has 0 bridgehead atoms. The lowest BCUT2D eigenvalue weighted by atomic mass is 9.83. The Morgan fingerprint density at radius 3 is 2.77 bits per heavy atom. The minimum atomic E-state index is 0.0534. The Labute approximate surface area is 81.9 Å². The number of nitrogens with zero attached hydrogens (tertiary/aromatic N) is 1. The van der Waals surface area contributed by atoms with E-state index in [1.54, 1.807) is 11.3 Å². The first-order chi connectivity index (χ1) is 6.35. The van der Waals surface area contributed by atoms with E-state index in [2.05, 4.69) is 17.1 Å². The molecule has 0 fully saturated rings. The number of aromatic nitrogens is 1. The second-order valence-corrected chi connectivity index (χ2v) is 4.62. The van der Waals surface area contributed by atoms with Crippen molar-refractivity contribution in [2.45, 2.75) is 19.3 Å². The van der Waals surface area contributed by atoms with Crippen molar-refractivity contribution in [1.29, 1.82) is 0 Å². The second-order valence-electron chi connectivity index (χ2n) is 3.64. The van der Waals surface area contributed by atoms with Gasteiger partial charge in [-0.1, -0.05) is 12.2 Å². The normalized spacial score (nSPS) is 19.5. The van der Waals surface area contributed by atoms with E-state index in [0.29, 0.717) is 0 Å². The van der Waals surface area contributed by atoms with Crippen LogP contribution < -0.4 is 0 Å². The maximum atomic E-state index is 9.35. The fourth-order valence-electron chi connectivity index (χ4n) is 1.74. The van der Waals surface area contributed by atoms with Gasteiger partial charge in [-0.2, -0.15) is 0 Å². The van der Waals surface area contributed by atoms with Crippen LogP contribution in [0.5, 0.6) is 0 Å². The summed E-state index contributed by atoms with van der Waals surface area (Å²) >= 11 is 1.67. The summed E-state index contributed by atoms with van der Waals surface area (Å²) in [7, 11) is 0. The largest absolute Gasteiger partial charge is 0.396 e. The zero-order valence-electron chi connectivity index (χ0n) is 7.44. The van der Waals surface area contributed by atoms with Gasteiger partial charge in [0.15, 0.2) is 0 Å². The van der Waals surface area contributed by atoms with Gasteiger partial charge in [0.25, 0.3) is 0 Å². The Bertz CT molecular complexity index is 284. The number of thiazole rings is 1. The van der Waals surface area contributed by atoms with Crippen LogP contribution in [0, 0.1) is 5.41 Å². The molecule has 1 aliphatic rings. The summed E-state index contributed by atoms with van der Waals surface area (Å²) in [5.74, 6) is 0. The van der Waals surface area contributed by atoms with Crippen LogP contribution in [-0.4, -0.2) is 16.7 Å². The standard InChI is InChI=1S/C10H13NOS/c12-8-10(3-1-2-4-10)7-9-11-5-6-13-9/h1-2,5-6,12H,3-4,7-8H2. The second kappa shape index (κ2) is 3.60. The first-order valence-electron chi connectivity index (χ1n) is 4.49. The van der Waals surface area contributed by atoms with Crippen molar-refractivity contribution in [1.82, 2.24) is 4.98 Å². The summed E-state index contributed by atoms with van der Waals surface area (Å²) in [5, 5.41) is 12.5. The fourth-order valence-corrected chi connectivity index (χ4v) is 2.53. The Kier molecular flexibility index (Phi) is 2.47. The van der Waals surface area contributed by atoms with Crippen molar-refractivity contribution < 1.29 is 5.11 Å². The predicted octanol–water partition coefficient (Wildman–Crippen LogP) is 2.01. The van der Waals surface area contributed by atoms with Crippen LogP contribution in [0.25, 0.3) is 0 Å². The highest BCUT2D eigenvalue weighted by Gasteiger charge is 2.31. The Hall–Kier alpha value is -0.670. The van der Waals surface area contributed by atoms with E-state index < -0.39 is 0 Å². The van der Waals surface area contributed by atoms with Gasteiger partial charge < -0.3 is 5.11 Å². The number of hydrogen-bond acceptors (Lipinski definition) is 3. The molecule has 2 nitrogen and oxygen atoms in total. The third kappa shape index (κ3) is 1.81. The molecule has 3 heteroatoms. The third-order valence-corrected chi connectivity index (χ3v) is 3.39. The molecular weight excluding hydrogens is 182 g/mol. The average molecular weight is 195 g/mol. The quantitative estimate of drug-likeness (QED) is 0.748. The highest BCUT2D eigenvalue weighted by molar-refractivity contribution is 7.09. The van der Waals surface area contributed by atoms with E-state index in [-0.39, 0.29) is 12.0 Å². The highest BCUT2D eigenvalue weighted by Crippen LogP contribution is 2.36. The maximum absolute atomic E-state index is 9.35. The summed E-state index contributed by atoms with van der Waals surface area (Å²) in [6, 6.07) is 0. The van der Waals surface area contributed by atoms with Crippen molar-refractivity contribution in [3.63, 3.8) is 0 Å². The van der Waals surface area contributed by atoms with Gasteiger partial charge in [-0.3, -0.25) is 0 Å². The first kappa shape index (κ1) is 8.91. The van der Waals surface area contributed by atoms with E-state index in [0.717, 1.165) is 24.3 Å². The summed E-state index contributed by atoms with van der Waals surface area (Å²) in [6.45, 7) is 0.263. The lowest BCUT2D eigenvalue weighted by Gasteiger charge is -2.24. The van der Waals surface area contributed by atoms with E-state index in [1.807, 2.05) is 11.6 Å². The molecule has 0 saturated heterocycles. The minimum absolute atomic E-state index is 0.0534. The minimum Gasteiger partial charge on any atom is -0.396 e. The number of allylic oxidation sites excluding steroid dienone is 2. The van der Waals surface area contributed by atoms with Gasteiger partial charge in [0.05, 0.1) is 5.01 Å². The zero-order chi connectivity index (χ0) is 9.15. The lowest BCUT2D eigenvalue weighted by molar-refractivity contribution is 0.136. The summed E-state index contributed by atoms with van der Waals surface area (Å²) < 4.78 is 0. The van der Waals surface area contributed by atoms with Crippen LogP contribution in [0.2, 0.25) is 0 Å². The summed E-state index contributed by atoms with van der Waals surface area (Å²) in [5.41, 5.74) is 0.0534. The zero-order valence-corrected chi connectivity index (χ0v) is 8.26. The highest BCUT2D eigenvalue weighted by atomic mass is 32.1. The Balaban J connectivity index is 2.07. The van der Waals surface area contributed by atoms with Crippen LogP contribution in [0.3, 0.4) is 0 Å². The molecular formula is C10H13NOS. The molecule has 0 amide bonds. The molecule has 1 heterocycles. The molecule has 13 heavy (non-hydrogen) atoms. The van der Waals surface area contributed by atoms with Gasteiger partial charge in [0.1, 0.15) is 0 Å². The van der Waals surface area contributed by atoms with Gasteiger partial charge in [0, 0.05) is 30.0 Å². The third-order valence-electron chi connectivity index (χ3n) is 2.61. The van der Waals surface area contributed by atoms with Gasteiger partial charge in [-0.25, -0.2) is 4.98 Å². The van der Waals surface area contributed by atoms with Crippen LogP contribution in [0.4, 0.5) is 0 Å². The van der Waals surface area contributed by atoms with Crippen LogP contribution >= 0.6 is 11.3 Å². The molecule has 1 aromatic heterocycles. The molecule has 0 unspecified atom stereocenters. The molecule has 2 rings (SSSR count). The van der Waals surface area contributed by atoms with Crippen LogP contribution in [-0.2, 0) is 6.42 Å². The number of rotatable bonds is 3. The summed E-state index contributed by atoms with van der Waals surface area (Å²) in [4.78, 5) is 4.25. The average Bonchev–Trinajstić information content (AvgIpc) is 2.77. The molecule has 1 N–H and O–H groups in total. The van der Waals surface area contributed by atoms with Crippen LogP contribution in [0.15, 0.2) is 23.7 Å². The monoisotopic (exact) mass is 195 g/mol. The van der Waals surface area contributed by atoms with E-state index in [9.17, 15) is 5.11 Å². The molecule has 1 aliphatic carbocycles. The lowest BCUT2D eigenvalue weighted by Crippen LogP contribution is -2.24. The van der Waals surface area contributed by atoms with Crippen molar-refractivity contribution in [2.75, 3.05) is 6.61 Å². The molecule has 0 aliphatic heterocycles. The fraction of sp³-hybridized carbons (Fsp3) is 0.500. The van der Waals surface area contributed by atoms with Crippen molar-refractivity contribution in [3.8, 4) is 0 Å². The molecule has 1 aromatic rings. The van der Waals surface area contributed by atoms with Crippen LogP contribution in [0.1, 0.15) is 17.8 Å². The van der Waals surface area contributed by atoms with Gasteiger partial charge >= 0.3 is 0 Å². The Morgan fingerprint density at radius 1 is 1.46 bits per heavy atom. The molecule has 70 valence electrons. The van der Waals surface area contributed by atoms with E-state index in [1.165, 1.54) is 0 Å². The maximum Gasteiger partial charge on any atom is 0.0931 e. The smallest absolute Gasteiger partial charge is 0.0931 e. The molecule has 0 radical (unpaired) electrons. The van der Waals surface area contributed by atoms with Gasteiger partial charge in [-0.15, -0.1) is 11.3 Å². The molecule has 0 spiro atoms. The van der Waals surface area contributed by atoms with E-state index in [4.69, 9.17) is 0 Å². The first-order valence-corrected chi connectivity index (χ1v) is 5.37. The molecule has 0 saturated carbocycles. The molecule has 0 atom stereocenters. The van der Waals surface area contributed by atoms with Crippen molar-refractivity contribution >= 4 is 11.3 Å². The molecule has 0 aromatic carbocycles. The van der Waals surface area contributed by atoms with Gasteiger partial charge in [-0.05, 0) is 12.8 Å². The SMILES string of the molecule is OCC1(Cc2nccs2)CC=CC1. The number of hydrogen-bond donors (Lipinski definition) is 1. The van der Waals surface area contributed by atoms with E-state index >= 15 is 0 Å². The topological polar surface area (TPSA) is 33.1 Å². The van der Waals surface area contributed by atoms with Gasteiger partial charge in [0.2, 0.25) is 0 Å². The Morgan fingerprint density at radius 2 is 2.23 bits per heavy atom. The predicted molar refractivity (Wildman–Crippen MR) is 53.7 cm³/mol.